The fourth-order valence-corrected chi connectivity index (χ4v) is 12.8. The molecular formula is C66H40N4O2. The lowest BCUT2D eigenvalue weighted by Gasteiger charge is -2.26. The van der Waals surface area contributed by atoms with Crippen LogP contribution in [0.1, 0.15) is 17.7 Å². The second-order valence-electron chi connectivity index (χ2n) is 19.5. The van der Waals surface area contributed by atoms with Crippen molar-refractivity contribution in [2.75, 3.05) is 9.80 Å². The summed E-state index contributed by atoms with van der Waals surface area (Å²) in [6, 6.07) is 75.4. The molecule has 16 aromatic rings. The molecule has 0 saturated carbocycles. The van der Waals surface area contributed by atoms with Crippen LogP contribution in [0.5, 0.6) is 0 Å². The van der Waals surface area contributed by atoms with E-state index >= 15 is 0 Å². The van der Waals surface area contributed by atoms with Crippen LogP contribution in [-0.4, -0.2) is 8.80 Å². The van der Waals surface area contributed by atoms with E-state index in [0.717, 1.165) is 85.6 Å². The first-order valence-corrected chi connectivity index (χ1v) is 24.9. The zero-order chi connectivity index (χ0) is 46.8. The van der Waals surface area contributed by atoms with Crippen molar-refractivity contribution in [1.29, 1.82) is 0 Å². The van der Waals surface area contributed by atoms with Crippen molar-refractivity contribution < 1.29 is 8.83 Å². The first kappa shape index (κ1) is 38.3. The fraction of sp³-hybridized carbons (Fsp3) is 0.0303. The third-order valence-electron chi connectivity index (χ3n) is 15.8. The van der Waals surface area contributed by atoms with Gasteiger partial charge in [-0.05, 0) is 110 Å². The van der Waals surface area contributed by atoms with Crippen LogP contribution in [0.3, 0.4) is 0 Å². The SMILES string of the molecule is C1=Cc2c(oc3ccc(N(c4ccccc4)c4cccc5c4c4cccc6c7cc8c(cc7n5c64)c4cccc5c6c(N(c7ccccc7)c7ccc9oc%10ccccc%10c9c7)cccc6n8c45)cc23)CC1. The number of aromatic nitrogens is 2. The number of fused-ring (bicyclic) bond motifs is 18. The van der Waals surface area contributed by atoms with E-state index in [9.17, 15) is 0 Å². The zero-order valence-electron chi connectivity index (χ0n) is 38.8. The Labute approximate surface area is 411 Å². The lowest BCUT2D eigenvalue weighted by molar-refractivity contribution is 0.546. The number of aryl methyl sites for hydroxylation is 1. The maximum atomic E-state index is 6.40. The second kappa shape index (κ2) is 14.1. The summed E-state index contributed by atoms with van der Waals surface area (Å²) >= 11 is 0. The van der Waals surface area contributed by atoms with Gasteiger partial charge in [-0.25, -0.2) is 0 Å². The summed E-state index contributed by atoms with van der Waals surface area (Å²) < 4.78 is 17.8. The molecule has 0 fully saturated rings. The first-order valence-electron chi connectivity index (χ1n) is 24.9. The number of nitrogens with zero attached hydrogens (tertiary/aromatic N) is 4. The molecular weight excluding hydrogens is 881 g/mol. The van der Waals surface area contributed by atoms with E-state index in [-0.39, 0.29) is 0 Å². The number of hydrogen-bond donors (Lipinski definition) is 0. The molecule has 6 heteroatoms. The topological polar surface area (TPSA) is 41.6 Å². The fourth-order valence-electron chi connectivity index (χ4n) is 12.8. The van der Waals surface area contributed by atoms with Crippen molar-refractivity contribution in [2.24, 2.45) is 0 Å². The molecule has 0 spiro atoms. The summed E-state index contributed by atoms with van der Waals surface area (Å²) in [6.07, 6.45) is 6.44. The quantitative estimate of drug-likeness (QED) is 0.167. The van der Waals surface area contributed by atoms with Crippen LogP contribution in [-0.2, 0) is 6.42 Å². The van der Waals surface area contributed by atoms with E-state index in [2.05, 4.69) is 225 Å². The number of para-hydroxylation sites is 5. The highest BCUT2D eigenvalue weighted by Crippen LogP contribution is 2.51. The number of benzene rings is 10. The number of rotatable bonds is 6. The van der Waals surface area contributed by atoms with Gasteiger partial charge in [-0.2, -0.15) is 0 Å². The molecule has 0 radical (unpaired) electrons. The van der Waals surface area contributed by atoms with Crippen LogP contribution in [0.25, 0.3) is 115 Å². The van der Waals surface area contributed by atoms with Crippen molar-refractivity contribution in [2.45, 2.75) is 12.8 Å². The van der Waals surface area contributed by atoms with Crippen LogP contribution in [0.4, 0.5) is 34.1 Å². The maximum Gasteiger partial charge on any atom is 0.135 e. The Balaban J connectivity index is 0.899. The number of furan rings is 2. The Bertz CT molecular complexity index is 4940. The zero-order valence-corrected chi connectivity index (χ0v) is 38.8. The van der Waals surface area contributed by atoms with Gasteiger partial charge in [-0.15, -0.1) is 0 Å². The van der Waals surface area contributed by atoms with Gasteiger partial charge in [0.25, 0.3) is 0 Å². The standard InChI is InChI=1S/C66H40N4O2/c1-3-15-39(16-4-1)67(41-31-33-61-51(35-41)43-19-7-9-29-59(43)71-61)53-25-13-27-55-63(53)47-23-11-21-45-49-38-58-50(37-57(49)69(55)65(45)47)46-22-12-24-48-64-54(26-14-28-56(64)70(58)66(46)48)68(40-17-5-2-6-18-40)42-32-34-62-52(36-42)44-20-8-10-30-60(44)72-62/h1-9,11-29,31-38H,10,30H2. The predicted molar refractivity (Wildman–Crippen MR) is 300 cm³/mol. The van der Waals surface area contributed by atoms with Crippen molar-refractivity contribution in [3.05, 3.63) is 224 Å². The Hall–Kier alpha value is -9.52. The third-order valence-corrected chi connectivity index (χ3v) is 15.8. The van der Waals surface area contributed by atoms with Crippen molar-refractivity contribution in [3.63, 3.8) is 0 Å². The van der Waals surface area contributed by atoms with Gasteiger partial charge in [-0.3, -0.25) is 0 Å². The molecule has 72 heavy (non-hydrogen) atoms. The van der Waals surface area contributed by atoms with Gasteiger partial charge in [0.05, 0.1) is 44.5 Å². The minimum absolute atomic E-state index is 0.885. The smallest absolute Gasteiger partial charge is 0.135 e. The number of hydrogen-bond acceptors (Lipinski definition) is 4. The van der Waals surface area contributed by atoms with Gasteiger partial charge < -0.3 is 27.4 Å². The molecule has 0 atom stereocenters. The molecule has 1 aliphatic carbocycles. The molecule has 0 N–H and O–H groups in total. The molecule has 0 amide bonds. The van der Waals surface area contributed by atoms with Gasteiger partial charge in [0.2, 0.25) is 0 Å². The molecule has 336 valence electrons. The summed E-state index contributed by atoms with van der Waals surface area (Å²) in [5, 5.41) is 13.3. The summed E-state index contributed by atoms with van der Waals surface area (Å²) in [5.41, 5.74) is 17.8. The average molecular weight is 921 g/mol. The molecule has 6 heterocycles. The van der Waals surface area contributed by atoms with Crippen LogP contribution in [0.15, 0.2) is 221 Å². The lowest BCUT2D eigenvalue weighted by Crippen LogP contribution is -2.10. The normalized spacial score (nSPS) is 13.1. The van der Waals surface area contributed by atoms with E-state index in [1.165, 1.54) is 81.8 Å². The monoisotopic (exact) mass is 920 g/mol. The second-order valence-corrected chi connectivity index (χ2v) is 19.5. The molecule has 6 aromatic heterocycles. The summed E-state index contributed by atoms with van der Waals surface area (Å²) in [5.74, 6) is 1.08. The molecule has 0 unspecified atom stereocenters. The molecule has 1 aliphatic rings. The van der Waals surface area contributed by atoms with E-state index < -0.39 is 0 Å². The van der Waals surface area contributed by atoms with Gasteiger partial charge in [0.1, 0.15) is 22.5 Å². The van der Waals surface area contributed by atoms with Gasteiger partial charge in [0, 0.05) is 94.0 Å². The maximum absolute atomic E-state index is 6.40. The summed E-state index contributed by atoms with van der Waals surface area (Å²) in [4.78, 5) is 4.84. The summed E-state index contributed by atoms with van der Waals surface area (Å²) in [7, 11) is 0. The molecule has 0 bridgehead atoms. The Morgan fingerprint density at radius 1 is 0.347 bits per heavy atom. The Morgan fingerprint density at radius 2 is 0.847 bits per heavy atom. The highest BCUT2D eigenvalue weighted by Gasteiger charge is 2.28. The highest BCUT2D eigenvalue weighted by atomic mass is 16.3. The number of anilines is 6. The molecule has 17 rings (SSSR count). The van der Waals surface area contributed by atoms with Gasteiger partial charge in [0.15, 0.2) is 0 Å². The van der Waals surface area contributed by atoms with Crippen LogP contribution in [0.2, 0.25) is 0 Å². The van der Waals surface area contributed by atoms with Crippen molar-refractivity contribution >= 4 is 149 Å². The molecule has 10 aromatic carbocycles. The third kappa shape index (κ3) is 5.02. The lowest BCUT2D eigenvalue weighted by atomic mass is 10.0. The molecule has 0 aliphatic heterocycles. The van der Waals surface area contributed by atoms with Crippen LogP contribution < -0.4 is 9.80 Å². The highest BCUT2D eigenvalue weighted by molar-refractivity contribution is 6.31. The first-order chi connectivity index (χ1) is 35.7. The van der Waals surface area contributed by atoms with Gasteiger partial charge in [-0.1, -0.05) is 115 Å². The van der Waals surface area contributed by atoms with E-state index in [1.807, 2.05) is 12.1 Å². The van der Waals surface area contributed by atoms with E-state index in [4.69, 9.17) is 8.83 Å². The number of allylic oxidation sites excluding steroid dienone is 1. The molecule has 0 saturated heterocycles. The van der Waals surface area contributed by atoms with Crippen molar-refractivity contribution in [3.8, 4) is 0 Å². The predicted octanol–water partition coefficient (Wildman–Crippen LogP) is 18.5. The minimum Gasteiger partial charge on any atom is -0.460 e. The summed E-state index contributed by atoms with van der Waals surface area (Å²) in [6.45, 7) is 0. The largest absolute Gasteiger partial charge is 0.460 e. The van der Waals surface area contributed by atoms with Crippen LogP contribution >= 0.6 is 0 Å². The Morgan fingerprint density at radius 3 is 1.46 bits per heavy atom. The Kier molecular flexibility index (Phi) is 7.49. The average Bonchev–Trinajstić information content (AvgIpc) is 4.29. The molecule has 6 nitrogen and oxygen atoms in total. The van der Waals surface area contributed by atoms with E-state index in [0.29, 0.717) is 0 Å². The van der Waals surface area contributed by atoms with Gasteiger partial charge >= 0.3 is 0 Å². The van der Waals surface area contributed by atoms with Crippen molar-refractivity contribution in [1.82, 2.24) is 8.80 Å². The van der Waals surface area contributed by atoms with E-state index in [1.54, 1.807) is 0 Å². The van der Waals surface area contributed by atoms with Crippen LogP contribution in [0, 0.1) is 0 Å². The minimum atomic E-state index is 0.885.